The number of aryl methyl sites for hydroxylation is 2. The molecule has 0 radical (unpaired) electrons. The molecule has 25 heteroatoms. The normalized spacial score (nSPS) is 15.1. The molecule has 6 aromatic heterocycles. The highest BCUT2D eigenvalue weighted by atomic mass is 127. The SMILES string of the molecule is C.COc1ccccc1[C@H](Cn1c(=O)n(C(C)(C)C(=O)O)c(=O)c2c(C)c(-c3ncco3)sc21)OC1CCOCC1.COc1ccccc1[C@H](Cn1c(=O)n(C(C)(C)C(=O)OC(C)(C)C)c(=O)c2c(C)c(-c3ncco3)sc21)OC1CCOCC1.I. The number of esters is 1. The minimum atomic E-state index is -1.82. The Kier molecular flexibility index (Phi) is 21.4. The molecule has 2 saturated heterocycles. The molecule has 2 atom stereocenters. The number of oxazole rings is 2. The average molecular weight is 1340 g/mol. The largest absolute Gasteiger partial charge is 0.496 e. The molecule has 0 saturated carbocycles. The van der Waals surface area contributed by atoms with Crippen LogP contribution in [0, 0.1) is 13.8 Å². The molecule has 464 valence electrons. The number of benzene rings is 2. The maximum atomic E-state index is 14.5. The van der Waals surface area contributed by atoms with E-state index in [9.17, 15) is 33.9 Å². The molecular weight excluding hydrogens is 1260 g/mol. The van der Waals surface area contributed by atoms with Crippen LogP contribution in [0.2, 0.25) is 0 Å². The number of ether oxygens (including phenoxy) is 7. The Morgan fingerprint density at radius 2 is 1.02 bits per heavy atom. The van der Waals surface area contributed by atoms with Crippen molar-refractivity contribution >= 4 is 79.0 Å². The standard InChI is InChI=1S/C32H39N3O8S.C28H31N3O8S.CH4.HI/c1-19-24-27(36)35(32(5,6)29(37)43-31(2,3)4)30(38)34(28(24)44-25(19)26-33-14-17-41-26)18-23(42-20-12-15-40-16-13-20)21-10-8-9-11-22(21)39-7;1-16-21-24(32)31(28(2,3)26(33)34)27(35)30(25(21)40-22(16)23-29-11-14-38-23)15-20(39-17-9-12-37-13-10-17)18-7-5-6-8-19(18)36-4;;/h8-11,14,17,20,23H,12-13,15-16,18H2,1-7H3;5-8,11,14,17,20H,9-10,12-13,15H2,1-4H3,(H,33,34);1H4;1H/t23-;20-;;/m00../s1. The molecule has 2 aromatic carbocycles. The number of nitrogens with zero attached hydrogens (tertiary/aromatic N) is 6. The number of methoxy groups -OCH3 is 2. The fraction of sp³-hybridized carbons (Fsp3) is 0.475. The third kappa shape index (κ3) is 13.5. The van der Waals surface area contributed by atoms with Crippen molar-refractivity contribution in [2.45, 2.75) is 150 Å². The van der Waals surface area contributed by atoms with E-state index in [1.165, 1.54) is 84.4 Å². The van der Waals surface area contributed by atoms with Crippen molar-refractivity contribution in [2.75, 3.05) is 40.6 Å². The second-order valence-electron chi connectivity index (χ2n) is 22.5. The lowest BCUT2D eigenvalue weighted by molar-refractivity contribution is -0.164. The summed E-state index contributed by atoms with van der Waals surface area (Å²) in [6, 6.07) is 14.9. The molecule has 10 rings (SSSR count). The molecule has 86 heavy (non-hydrogen) atoms. The number of hydrogen-bond acceptors (Lipinski definition) is 19. The molecular formula is C61H75IN6O16S2. The van der Waals surface area contributed by atoms with Crippen LogP contribution in [0.5, 0.6) is 11.5 Å². The van der Waals surface area contributed by atoms with Gasteiger partial charge in [0.25, 0.3) is 11.1 Å². The average Bonchev–Trinajstić information content (AvgIpc) is 2.97. The van der Waals surface area contributed by atoms with Gasteiger partial charge in [0.15, 0.2) is 0 Å². The first kappa shape index (κ1) is 66.8. The highest BCUT2D eigenvalue weighted by Crippen LogP contribution is 2.40. The highest BCUT2D eigenvalue weighted by Gasteiger charge is 2.41. The molecule has 0 amide bonds. The molecule has 0 aliphatic carbocycles. The second kappa shape index (κ2) is 27.5. The van der Waals surface area contributed by atoms with Crippen LogP contribution in [0.25, 0.3) is 42.0 Å². The predicted molar refractivity (Wildman–Crippen MR) is 337 cm³/mol. The molecule has 0 unspecified atom stereocenters. The minimum Gasteiger partial charge on any atom is -0.496 e. The van der Waals surface area contributed by atoms with Crippen LogP contribution in [0.3, 0.4) is 0 Å². The third-order valence-electron chi connectivity index (χ3n) is 14.9. The smallest absolute Gasteiger partial charge is 0.333 e. The quantitative estimate of drug-likeness (QED) is 0.0618. The van der Waals surface area contributed by atoms with Crippen LogP contribution < -0.4 is 32.0 Å². The van der Waals surface area contributed by atoms with E-state index in [0.29, 0.717) is 111 Å². The van der Waals surface area contributed by atoms with E-state index < -0.39 is 63.3 Å². The molecule has 0 bridgehead atoms. The lowest BCUT2D eigenvalue weighted by Gasteiger charge is -2.31. The zero-order valence-corrected chi connectivity index (χ0v) is 53.3. The van der Waals surface area contributed by atoms with Gasteiger partial charge in [0.1, 0.15) is 62.6 Å². The summed E-state index contributed by atoms with van der Waals surface area (Å²) in [5.74, 6) is -0.167. The van der Waals surface area contributed by atoms with E-state index in [1.807, 2.05) is 48.5 Å². The predicted octanol–water partition coefficient (Wildman–Crippen LogP) is 10.4. The van der Waals surface area contributed by atoms with Crippen molar-refractivity contribution < 1.29 is 56.7 Å². The number of carbonyl (C=O) groups excluding carboxylic acids is 1. The summed E-state index contributed by atoms with van der Waals surface area (Å²) in [7, 11) is 3.15. The molecule has 0 spiro atoms. The van der Waals surface area contributed by atoms with E-state index in [-0.39, 0.29) is 62.1 Å². The second-order valence-corrected chi connectivity index (χ2v) is 24.5. The van der Waals surface area contributed by atoms with Gasteiger partial charge in [-0.05, 0) is 111 Å². The number of carbonyl (C=O) groups is 2. The number of para-hydroxylation sites is 2. The van der Waals surface area contributed by atoms with Crippen molar-refractivity contribution in [3.05, 3.63) is 137 Å². The van der Waals surface area contributed by atoms with Crippen LogP contribution in [-0.2, 0) is 57.4 Å². The fourth-order valence-corrected chi connectivity index (χ4v) is 12.9. The van der Waals surface area contributed by atoms with Gasteiger partial charge in [-0.2, -0.15) is 0 Å². The number of aliphatic carboxylic acids is 1. The number of rotatable bonds is 18. The van der Waals surface area contributed by atoms with Gasteiger partial charge in [-0.1, -0.05) is 43.8 Å². The summed E-state index contributed by atoms with van der Waals surface area (Å²) in [5.41, 5.74) is -4.33. The van der Waals surface area contributed by atoms with Crippen molar-refractivity contribution in [2.24, 2.45) is 0 Å². The van der Waals surface area contributed by atoms with Crippen molar-refractivity contribution in [1.29, 1.82) is 0 Å². The summed E-state index contributed by atoms with van der Waals surface area (Å²) in [4.78, 5) is 92.9. The monoisotopic (exact) mass is 1340 g/mol. The van der Waals surface area contributed by atoms with E-state index in [4.69, 9.17) is 42.0 Å². The molecule has 2 fully saturated rings. The van der Waals surface area contributed by atoms with Gasteiger partial charge in [-0.25, -0.2) is 38.3 Å². The van der Waals surface area contributed by atoms with Crippen molar-refractivity contribution in [3.8, 4) is 33.0 Å². The third-order valence-corrected chi connectivity index (χ3v) is 17.5. The van der Waals surface area contributed by atoms with Crippen LogP contribution >= 0.6 is 46.7 Å². The van der Waals surface area contributed by atoms with Gasteiger partial charge in [-0.3, -0.25) is 18.7 Å². The summed E-state index contributed by atoms with van der Waals surface area (Å²) >= 11 is 2.43. The van der Waals surface area contributed by atoms with Crippen LogP contribution in [0.4, 0.5) is 0 Å². The topological polar surface area (TPSA) is 259 Å². The number of carboxylic acid groups (broad SMARTS) is 1. The summed E-state index contributed by atoms with van der Waals surface area (Å²) < 4.78 is 57.2. The molecule has 1 N–H and O–H groups in total. The molecule has 8 heterocycles. The number of carboxylic acids is 1. The molecule has 8 aromatic rings. The first-order valence-corrected chi connectivity index (χ1v) is 29.2. The van der Waals surface area contributed by atoms with E-state index in [2.05, 4.69) is 9.97 Å². The van der Waals surface area contributed by atoms with Crippen molar-refractivity contribution in [1.82, 2.24) is 28.2 Å². The van der Waals surface area contributed by atoms with E-state index in [1.54, 1.807) is 48.8 Å². The summed E-state index contributed by atoms with van der Waals surface area (Å²) in [6.45, 7) is 16.8. The van der Waals surface area contributed by atoms with Gasteiger partial charge >= 0.3 is 23.3 Å². The first-order valence-electron chi connectivity index (χ1n) is 27.6. The lowest BCUT2D eigenvalue weighted by atomic mass is 10.0. The van der Waals surface area contributed by atoms with E-state index in [0.717, 1.165) is 20.3 Å². The number of aromatic nitrogens is 6. The maximum absolute atomic E-state index is 14.5. The Hall–Kier alpha value is -6.75. The lowest BCUT2D eigenvalue weighted by Crippen LogP contribution is -2.54. The van der Waals surface area contributed by atoms with Gasteiger partial charge in [0.05, 0.1) is 72.4 Å². The Bertz CT molecular complexity index is 3910. The highest BCUT2D eigenvalue weighted by molar-refractivity contribution is 14.0. The number of hydrogen-bond donors (Lipinski definition) is 1. The van der Waals surface area contributed by atoms with Gasteiger partial charge in [0.2, 0.25) is 11.8 Å². The fourth-order valence-electron chi connectivity index (χ4n) is 10.4. The van der Waals surface area contributed by atoms with Gasteiger partial charge < -0.3 is 47.1 Å². The van der Waals surface area contributed by atoms with E-state index >= 15 is 0 Å². The number of fused-ring (bicyclic) bond motifs is 2. The van der Waals surface area contributed by atoms with Gasteiger partial charge in [-0.15, -0.1) is 46.7 Å². The zero-order valence-electron chi connectivity index (χ0n) is 49.3. The Morgan fingerprint density at radius 3 is 1.37 bits per heavy atom. The van der Waals surface area contributed by atoms with Gasteiger partial charge in [0, 0.05) is 37.6 Å². The molecule has 2 aliphatic heterocycles. The summed E-state index contributed by atoms with van der Waals surface area (Å²) in [6.07, 6.45) is 7.18. The molecule has 22 nitrogen and oxygen atoms in total. The Balaban J connectivity index is 0.000000241. The maximum Gasteiger partial charge on any atom is 0.333 e. The Labute approximate surface area is 521 Å². The van der Waals surface area contributed by atoms with Crippen LogP contribution in [-0.4, -0.2) is 104 Å². The summed E-state index contributed by atoms with van der Waals surface area (Å²) in [5, 5.41) is 10.5. The Morgan fingerprint density at radius 1 is 0.640 bits per heavy atom. The first-order chi connectivity index (χ1) is 40.0. The van der Waals surface area contributed by atoms with Crippen LogP contribution in [0.15, 0.2) is 101 Å². The number of thiophene rings is 2. The zero-order chi connectivity index (χ0) is 60.4. The van der Waals surface area contributed by atoms with Crippen molar-refractivity contribution in [3.63, 3.8) is 0 Å². The van der Waals surface area contributed by atoms with Crippen LogP contribution in [0.1, 0.15) is 116 Å². The minimum absolute atomic E-state index is 0. The number of halogens is 1. The molecule has 2 aliphatic rings.